The van der Waals surface area contributed by atoms with Gasteiger partial charge in [0, 0.05) is 44.2 Å². The molecule has 1 saturated heterocycles. The molecule has 4 heteroatoms. The summed E-state index contributed by atoms with van der Waals surface area (Å²) in [5.74, 6) is 0. The first kappa shape index (κ1) is 12.6. The highest BCUT2D eigenvalue weighted by Gasteiger charge is 2.25. The Balaban J connectivity index is 1.92. The van der Waals surface area contributed by atoms with E-state index in [9.17, 15) is 0 Å². The van der Waals surface area contributed by atoms with Gasteiger partial charge in [0.15, 0.2) is 0 Å². The first-order chi connectivity index (χ1) is 9.16. The summed E-state index contributed by atoms with van der Waals surface area (Å²) in [6, 6.07) is 9.60. The quantitative estimate of drug-likeness (QED) is 0.891. The van der Waals surface area contributed by atoms with E-state index in [0.29, 0.717) is 12.1 Å². The fraction of sp³-hybridized carbons (Fsp3) is 0.533. The molecule has 19 heavy (non-hydrogen) atoms. The summed E-state index contributed by atoms with van der Waals surface area (Å²) < 4.78 is 1.99. The minimum Gasteiger partial charge on any atom is -0.314 e. The highest BCUT2D eigenvalue weighted by atomic mass is 15.3. The van der Waals surface area contributed by atoms with E-state index in [-0.39, 0.29) is 0 Å². The molecule has 2 atom stereocenters. The third-order valence-electron chi connectivity index (χ3n) is 4.18. The maximum atomic E-state index is 4.71. The van der Waals surface area contributed by atoms with Crippen molar-refractivity contribution in [2.45, 2.75) is 32.5 Å². The molecular weight excluding hydrogens is 236 g/mol. The lowest BCUT2D eigenvalue weighted by Gasteiger charge is -2.39. The fourth-order valence-corrected chi connectivity index (χ4v) is 3.06. The van der Waals surface area contributed by atoms with Crippen LogP contribution >= 0.6 is 0 Å². The topological polar surface area (TPSA) is 33.1 Å². The van der Waals surface area contributed by atoms with Crippen molar-refractivity contribution < 1.29 is 0 Å². The van der Waals surface area contributed by atoms with Crippen LogP contribution in [0.2, 0.25) is 0 Å². The van der Waals surface area contributed by atoms with E-state index >= 15 is 0 Å². The maximum absolute atomic E-state index is 4.71. The molecule has 0 saturated carbocycles. The van der Waals surface area contributed by atoms with Crippen LogP contribution in [-0.2, 0) is 13.6 Å². The molecule has 0 amide bonds. The third-order valence-corrected chi connectivity index (χ3v) is 4.18. The largest absolute Gasteiger partial charge is 0.314 e. The summed E-state index contributed by atoms with van der Waals surface area (Å²) in [6.45, 7) is 7.64. The molecule has 1 aromatic carbocycles. The van der Waals surface area contributed by atoms with Crippen molar-refractivity contribution >= 4 is 10.9 Å². The van der Waals surface area contributed by atoms with Crippen LogP contribution in [0.5, 0.6) is 0 Å². The van der Waals surface area contributed by atoms with Gasteiger partial charge in [0.25, 0.3) is 0 Å². The Labute approximate surface area is 114 Å². The summed E-state index contributed by atoms with van der Waals surface area (Å²) in [5.41, 5.74) is 2.41. The molecule has 1 aliphatic rings. The van der Waals surface area contributed by atoms with Crippen LogP contribution in [0.1, 0.15) is 19.5 Å². The molecule has 1 fully saturated rings. The Hall–Kier alpha value is -1.39. The number of benzene rings is 1. The normalized spacial score (nSPS) is 25.0. The van der Waals surface area contributed by atoms with Crippen molar-refractivity contribution in [3.05, 3.63) is 30.0 Å². The molecule has 0 aliphatic carbocycles. The number of aromatic nitrogens is 2. The van der Waals surface area contributed by atoms with Gasteiger partial charge in [0.2, 0.25) is 0 Å². The first-order valence-electron chi connectivity index (χ1n) is 7.04. The first-order valence-corrected chi connectivity index (χ1v) is 7.04. The standard InChI is InChI=1S/C15H22N4/c1-11-8-16-9-12(2)19(11)10-14-13-6-4-5-7-15(13)18(3)17-14/h4-7,11-12,16H,8-10H2,1-3H3. The Kier molecular flexibility index (Phi) is 3.29. The number of aryl methyl sites for hydroxylation is 1. The van der Waals surface area contributed by atoms with Crippen molar-refractivity contribution in [1.82, 2.24) is 20.0 Å². The zero-order valence-electron chi connectivity index (χ0n) is 11.9. The van der Waals surface area contributed by atoms with Gasteiger partial charge in [0.1, 0.15) is 0 Å². The monoisotopic (exact) mass is 258 g/mol. The molecule has 3 rings (SSSR count). The second-order valence-corrected chi connectivity index (χ2v) is 5.62. The molecule has 2 heterocycles. The van der Waals surface area contributed by atoms with Gasteiger partial charge in [-0.05, 0) is 19.9 Å². The number of para-hydroxylation sites is 1. The van der Waals surface area contributed by atoms with Gasteiger partial charge < -0.3 is 5.32 Å². The minimum absolute atomic E-state index is 0.560. The van der Waals surface area contributed by atoms with Crippen molar-refractivity contribution in [3.8, 4) is 0 Å². The SMILES string of the molecule is CC1CNCC(C)N1Cc1nn(C)c2ccccc12. The van der Waals surface area contributed by atoms with E-state index in [2.05, 4.69) is 48.3 Å². The number of rotatable bonds is 2. The molecule has 0 spiro atoms. The molecule has 1 aliphatic heterocycles. The molecule has 0 radical (unpaired) electrons. The van der Waals surface area contributed by atoms with Crippen LogP contribution in [0.4, 0.5) is 0 Å². The number of nitrogens with zero attached hydrogens (tertiary/aromatic N) is 3. The van der Waals surface area contributed by atoms with Gasteiger partial charge in [-0.2, -0.15) is 5.10 Å². The van der Waals surface area contributed by atoms with E-state index in [0.717, 1.165) is 19.6 Å². The van der Waals surface area contributed by atoms with Gasteiger partial charge in [-0.3, -0.25) is 9.58 Å². The lowest BCUT2D eigenvalue weighted by Crippen LogP contribution is -2.54. The Morgan fingerprint density at radius 2 is 1.89 bits per heavy atom. The predicted octanol–water partition coefficient (Wildman–Crippen LogP) is 1.76. The Morgan fingerprint density at radius 1 is 1.21 bits per heavy atom. The van der Waals surface area contributed by atoms with Gasteiger partial charge >= 0.3 is 0 Å². The number of fused-ring (bicyclic) bond motifs is 1. The second-order valence-electron chi connectivity index (χ2n) is 5.62. The van der Waals surface area contributed by atoms with Crippen molar-refractivity contribution in [2.24, 2.45) is 7.05 Å². The van der Waals surface area contributed by atoms with E-state index in [1.807, 2.05) is 11.7 Å². The molecule has 2 aromatic rings. The number of hydrogen-bond acceptors (Lipinski definition) is 3. The van der Waals surface area contributed by atoms with E-state index < -0.39 is 0 Å². The summed E-state index contributed by atoms with van der Waals surface area (Å²) in [4.78, 5) is 2.55. The predicted molar refractivity (Wildman–Crippen MR) is 78.1 cm³/mol. The van der Waals surface area contributed by atoms with Crippen LogP contribution in [0.15, 0.2) is 24.3 Å². The van der Waals surface area contributed by atoms with Gasteiger partial charge in [0.05, 0.1) is 11.2 Å². The smallest absolute Gasteiger partial charge is 0.0843 e. The molecule has 2 unspecified atom stereocenters. The Morgan fingerprint density at radius 3 is 2.63 bits per heavy atom. The zero-order valence-corrected chi connectivity index (χ0v) is 11.9. The highest BCUT2D eigenvalue weighted by molar-refractivity contribution is 5.81. The van der Waals surface area contributed by atoms with Crippen LogP contribution in [-0.4, -0.2) is 39.9 Å². The van der Waals surface area contributed by atoms with Crippen molar-refractivity contribution in [3.63, 3.8) is 0 Å². The van der Waals surface area contributed by atoms with Crippen LogP contribution in [0, 0.1) is 0 Å². The molecule has 0 bridgehead atoms. The van der Waals surface area contributed by atoms with E-state index in [1.54, 1.807) is 0 Å². The van der Waals surface area contributed by atoms with Gasteiger partial charge in [-0.1, -0.05) is 18.2 Å². The number of hydrogen-bond donors (Lipinski definition) is 1. The van der Waals surface area contributed by atoms with Crippen LogP contribution in [0.3, 0.4) is 0 Å². The number of piperazine rings is 1. The zero-order chi connectivity index (χ0) is 13.4. The average molecular weight is 258 g/mol. The lowest BCUT2D eigenvalue weighted by atomic mass is 10.1. The second kappa shape index (κ2) is 4.94. The highest BCUT2D eigenvalue weighted by Crippen LogP contribution is 2.21. The van der Waals surface area contributed by atoms with Crippen LogP contribution in [0.25, 0.3) is 10.9 Å². The molecule has 4 nitrogen and oxygen atoms in total. The van der Waals surface area contributed by atoms with Crippen LogP contribution < -0.4 is 5.32 Å². The lowest BCUT2D eigenvalue weighted by molar-refractivity contribution is 0.107. The van der Waals surface area contributed by atoms with Gasteiger partial charge in [-0.25, -0.2) is 0 Å². The average Bonchev–Trinajstić information content (AvgIpc) is 2.72. The molecular formula is C15H22N4. The molecule has 1 aromatic heterocycles. The summed E-state index contributed by atoms with van der Waals surface area (Å²) in [7, 11) is 2.02. The van der Waals surface area contributed by atoms with E-state index in [4.69, 9.17) is 5.10 Å². The third kappa shape index (κ3) is 2.26. The Bertz CT molecular complexity index is 565. The summed E-state index contributed by atoms with van der Waals surface area (Å²) >= 11 is 0. The minimum atomic E-state index is 0.560. The molecule has 102 valence electrons. The maximum Gasteiger partial charge on any atom is 0.0843 e. The van der Waals surface area contributed by atoms with Gasteiger partial charge in [-0.15, -0.1) is 0 Å². The van der Waals surface area contributed by atoms with E-state index in [1.165, 1.54) is 16.6 Å². The number of nitrogens with one attached hydrogen (secondary N) is 1. The fourth-order valence-electron chi connectivity index (χ4n) is 3.06. The summed E-state index contributed by atoms with van der Waals surface area (Å²) in [6.07, 6.45) is 0. The molecule has 1 N–H and O–H groups in total. The van der Waals surface area contributed by atoms with Crippen molar-refractivity contribution in [2.75, 3.05) is 13.1 Å². The van der Waals surface area contributed by atoms with Crippen molar-refractivity contribution in [1.29, 1.82) is 0 Å². The summed E-state index contributed by atoms with van der Waals surface area (Å²) in [5, 5.41) is 9.46.